The van der Waals surface area contributed by atoms with Crippen molar-refractivity contribution in [3.05, 3.63) is 71.8 Å². The van der Waals surface area contributed by atoms with Gasteiger partial charge in [-0.05, 0) is 49.4 Å². The maximum Gasteiger partial charge on any atom is 0.223 e. The van der Waals surface area contributed by atoms with Gasteiger partial charge < -0.3 is 10.2 Å². The average molecular weight is 351 g/mol. The van der Waals surface area contributed by atoms with Gasteiger partial charge in [-0.1, -0.05) is 67.6 Å². The molecule has 0 unspecified atom stereocenters. The zero-order valence-electron chi connectivity index (χ0n) is 15.7. The predicted octanol–water partition coefficient (Wildman–Crippen LogP) is 3.86. The van der Waals surface area contributed by atoms with E-state index in [1.165, 1.54) is 11.1 Å². The smallest absolute Gasteiger partial charge is 0.223 e. The molecule has 1 N–H and O–H groups in total. The fourth-order valence-corrected chi connectivity index (χ4v) is 3.77. The third-order valence-electron chi connectivity index (χ3n) is 5.41. The molecule has 26 heavy (non-hydrogen) atoms. The lowest BCUT2D eigenvalue weighted by molar-refractivity contribution is -0.126. The zero-order chi connectivity index (χ0) is 18.2. The molecule has 1 heterocycles. The lowest BCUT2D eigenvalue weighted by Crippen LogP contribution is -2.42. The third kappa shape index (κ3) is 5.43. The molecule has 3 rings (SSSR count). The molecule has 1 saturated heterocycles. The third-order valence-corrected chi connectivity index (χ3v) is 5.41. The Morgan fingerprint density at radius 1 is 1.04 bits per heavy atom. The van der Waals surface area contributed by atoms with Crippen LogP contribution in [0.4, 0.5) is 0 Å². The summed E-state index contributed by atoms with van der Waals surface area (Å²) in [5.74, 6) is 0.943. The normalized spacial score (nSPS) is 17.0. The van der Waals surface area contributed by atoms with Crippen molar-refractivity contribution >= 4 is 5.91 Å². The number of carbonyl (C=O) groups excluding carboxylic acids is 1. The Hall–Kier alpha value is -2.13. The van der Waals surface area contributed by atoms with E-state index < -0.39 is 0 Å². The minimum atomic E-state index is 0.175. The maximum atomic E-state index is 12.4. The molecule has 1 atom stereocenters. The molecule has 2 aromatic rings. The molecule has 2 aromatic carbocycles. The van der Waals surface area contributed by atoms with Crippen LogP contribution in [-0.2, 0) is 11.2 Å². The van der Waals surface area contributed by atoms with Gasteiger partial charge in [-0.3, -0.25) is 4.79 Å². The summed E-state index contributed by atoms with van der Waals surface area (Å²) in [6, 6.07) is 21.0. The van der Waals surface area contributed by atoms with Gasteiger partial charge in [-0.2, -0.15) is 0 Å². The summed E-state index contributed by atoms with van der Waals surface area (Å²) in [5, 5.41) is 3.12. The Kier molecular flexibility index (Phi) is 6.84. The molecule has 138 valence electrons. The standard InChI is InChI=1S/C23H30N2O/c1-19(21-10-6-3-7-11-21)18-25-16-13-22(14-17-25)23(26)24-15-12-20-8-4-2-5-9-20/h2-11,19,22H,12-18H2,1H3,(H,24,26)/t19-/m1/s1. The summed E-state index contributed by atoms with van der Waals surface area (Å²) in [5.41, 5.74) is 2.67. The Labute approximate surface area is 157 Å². The molecule has 1 aliphatic rings. The Balaban J connectivity index is 1.37. The summed E-state index contributed by atoms with van der Waals surface area (Å²) < 4.78 is 0. The van der Waals surface area contributed by atoms with Crippen LogP contribution in [-0.4, -0.2) is 37.0 Å². The van der Waals surface area contributed by atoms with E-state index in [4.69, 9.17) is 0 Å². The van der Waals surface area contributed by atoms with Crippen molar-refractivity contribution in [2.75, 3.05) is 26.2 Å². The first-order valence-corrected chi connectivity index (χ1v) is 9.81. The predicted molar refractivity (Wildman–Crippen MR) is 107 cm³/mol. The fraction of sp³-hybridized carbons (Fsp3) is 0.435. The minimum Gasteiger partial charge on any atom is -0.356 e. The van der Waals surface area contributed by atoms with Crippen LogP contribution in [0.5, 0.6) is 0 Å². The summed E-state index contributed by atoms with van der Waals surface area (Å²) in [6.45, 7) is 6.14. The first-order chi connectivity index (χ1) is 12.7. The SMILES string of the molecule is C[C@H](CN1CCC(C(=O)NCCc2ccccc2)CC1)c1ccccc1. The van der Waals surface area contributed by atoms with Crippen LogP contribution >= 0.6 is 0 Å². The van der Waals surface area contributed by atoms with Crippen LogP contribution in [0.1, 0.15) is 36.8 Å². The lowest BCUT2D eigenvalue weighted by Gasteiger charge is -2.33. The molecular formula is C23H30N2O. The van der Waals surface area contributed by atoms with E-state index in [1.807, 2.05) is 18.2 Å². The number of piperidine rings is 1. The maximum absolute atomic E-state index is 12.4. The van der Waals surface area contributed by atoms with Crippen molar-refractivity contribution in [3.63, 3.8) is 0 Å². The van der Waals surface area contributed by atoms with Crippen molar-refractivity contribution in [2.24, 2.45) is 5.92 Å². The van der Waals surface area contributed by atoms with Gasteiger partial charge in [0.15, 0.2) is 0 Å². The van der Waals surface area contributed by atoms with E-state index in [2.05, 4.69) is 59.6 Å². The quantitative estimate of drug-likeness (QED) is 0.822. The highest BCUT2D eigenvalue weighted by Crippen LogP contribution is 2.22. The van der Waals surface area contributed by atoms with E-state index in [1.54, 1.807) is 0 Å². The molecule has 0 saturated carbocycles. The van der Waals surface area contributed by atoms with Crippen molar-refractivity contribution in [1.82, 2.24) is 10.2 Å². The second-order valence-corrected chi connectivity index (χ2v) is 7.41. The Morgan fingerprint density at radius 3 is 2.31 bits per heavy atom. The molecule has 3 heteroatoms. The Morgan fingerprint density at radius 2 is 1.65 bits per heavy atom. The molecule has 1 fully saturated rings. The molecule has 0 radical (unpaired) electrons. The highest BCUT2D eigenvalue weighted by Gasteiger charge is 2.25. The van der Waals surface area contributed by atoms with E-state index in [9.17, 15) is 4.79 Å². The van der Waals surface area contributed by atoms with Crippen molar-refractivity contribution in [3.8, 4) is 0 Å². The highest BCUT2D eigenvalue weighted by atomic mass is 16.1. The van der Waals surface area contributed by atoms with Gasteiger partial charge in [0.25, 0.3) is 0 Å². The first-order valence-electron chi connectivity index (χ1n) is 9.81. The lowest BCUT2D eigenvalue weighted by atomic mass is 9.94. The molecule has 0 spiro atoms. The first kappa shape index (κ1) is 18.7. The van der Waals surface area contributed by atoms with Crippen LogP contribution in [0.2, 0.25) is 0 Å². The number of likely N-dealkylation sites (tertiary alicyclic amines) is 1. The summed E-state index contributed by atoms with van der Waals surface area (Å²) in [7, 11) is 0. The van der Waals surface area contributed by atoms with E-state index >= 15 is 0 Å². The fourth-order valence-electron chi connectivity index (χ4n) is 3.77. The number of hydrogen-bond donors (Lipinski definition) is 1. The summed E-state index contributed by atoms with van der Waals surface area (Å²) in [6.07, 6.45) is 2.84. The van der Waals surface area contributed by atoms with Gasteiger partial charge in [0, 0.05) is 19.0 Å². The number of rotatable bonds is 7. The van der Waals surface area contributed by atoms with Gasteiger partial charge in [-0.25, -0.2) is 0 Å². The summed E-state index contributed by atoms with van der Waals surface area (Å²) in [4.78, 5) is 14.9. The second kappa shape index (κ2) is 9.54. The molecule has 0 aromatic heterocycles. The van der Waals surface area contributed by atoms with Gasteiger partial charge in [-0.15, -0.1) is 0 Å². The van der Waals surface area contributed by atoms with Gasteiger partial charge in [0.2, 0.25) is 5.91 Å². The minimum absolute atomic E-state index is 0.175. The van der Waals surface area contributed by atoms with E-state index in [0.29, 0.717) is 5.92 Å². The number of amides is 1. The highest BCUT2D eigenvalue weighted by molar-refractivity contribution is 5.78. The van der Waals surface area contributed by atoms with Gasteiger partial charge in [0.1, 0.15) is 0 Å². The summed E-state index contributed by atoms with van der Waals surface area (Å²) >= 11 is 0. The van der Waals surface area contributed by atoms with Crippen molar-refractivity contribution < 1.29 is 4.79 Å². The topological polar surface area (TPSA) is 32.3 Å². The van der Waals surface area contributed by atoms with Gasteiger partial charge in [0.05, 0.1) is 0 Å². The van der Waals surface area contributed by atoms with E-state index in [-0.39, 0.29) is 11.8 Å². The molecule has 0 bridgehead atoms. The van der Waals surface area contributed by atoms with E-state index in [0.717, 1.165) is 45.4 Å². The van der Waals surface area contributed by atoms with Crippen LogP contribution in [0.3, 0.4) is 0 Å². The number of benzene rings is 2. The monoisotopic (exact) mass is 350 g/mol. The molecular weight excluding hydrogens is 320 g/mol. The number of nitrogens with one attached hydrogen (secondary N) is 1. The van der Waals surface area contributed by atoms with Crippen LogP contribution in [0.15, 0.2) is 60.7 Å². The average Bonchev–Trinajstić information content (AvgIpc) is 2.70. The second-order valence-electron chi connectivity index (χ2n) is 7.41. The number of carbonyl (C=O) groups is 1. The van der Waals surface area contributed by atoms with Crippen LogP contribution < -0.4 is 5.32 Å². The molecule has 3 nitrogen and oxygen atoms in total. The zero-order valence-corrected chi connectivity index (χ0v) is 15.7. The van der Waals surface area contributed by atoms with Crippen molar-refractivity contribution in [2.45, 2.75) is 32.1 Å². The largest absolute Gasteiger partial charge is 0.356 e. The Bertz CT molecular complexity index is 663. The van der Waals surface area contributed by atoms with Gasteiger partial charge >= 0.3 is 0 Å². The molecule has 1 aliphatic heterocycles. The van der Waals surface area contributed by atoms with Crippen LogP contribution in [0, 0.1) is 5.92 Å². The van der Waals surface area contributed by atoms with Crippen LogP contribution in [0.25, 0.3) is 0 Å². The number of hydrogen-bond acceptors (Lipinski definition) is 2. The van der Waals surface area contributed by atoms with Crippen molar-refractivity contribution in [1.29, 1.82) is 0 Å². The number of nitrogens with zero attached hydrogens (tertiary/aromatic N) is 1. The molecule has 1 amide bonds. The molecule has 0 aliphatic carbocycles.